The lowest BCUT2D eigenvalue weighted by Gasteiger charge is -2.63. The van der Waals surface area contributed by atoms with Crippen LogP contribution in [0.3, 0.4) is 0 Å². The molecule has 30 heavy (non-hydrogen) atoms. The molecule has 2 saturated carbocycles. The molecule has 2 nitrogen and oxygen atoms in total. The molecule has 4 aliphatic rings. The molecule has 1 aromatic carbocycles. The summed E-state index contributed by atoms with van der Waals surface area (Å²) in [6.45, 7) is 7.43. The fourth-order valence-electron chi connectivity index (χ4n) is 8.19. The van der Waals surface area contributed by atoms with E-state index in [0.29, 0.717) is 36.1 Å². The average Bonchev–Trinajstić information content (AvgIpc) is 3.03. The quantitative estimate of drug-likeness (QED) is 0.451. The molecular weight excluding hydrogens is 413 g/mol. The van der Waals surface area contributed by atoms with E-state index in [0.717, 1.165) is 35.2 Å². The van der Waals surface area contributed by atoms with Crippen LogP contribution in [0.4, 0.5) is 0 Å². The number of nitrogens with zero attached hydrogens (tertiary/aromatic N) is 1. The van der Waals surface area contributed by atoms with Gasteiger partial charge in [0.25, 0.3) is 0 Å². The highest BCUT2D eigenvalue weighted by Crippen LogP contribution is 2.67. The minimum Gasteiger partial charge on any atom is -0.342 e. The predicted octanol–water partition coefficient (Wildman–Crippen LogP) is 7.10. The first-order valence-electron chi connectivity index (χ1n) is 11.6. The number of amides is 1. The SMILES string of the molecule is C[C@H]1C[C@H]2N(C)C(=O)CC[C@]2(C)[C@H]2CC[C@]3(C)C(c4cc(Cl)cc(Cl)c4)=CC[C@H]3[C@H]12. The van der Waals surface area contributed by atoms with Crippen molar-refractivity contribution in [2.75, 3.05) is 7.05 Å². The maximum absolute atomic E-state index is 12.4. The van der Waals surface area contributed by atoms with E-state index in [9.17, 15) is 4.79 Å². The van der Waals surface area contributed by atoms with Gasteiger partial charge in [0.1, 0.15) is 0 Å². The molecule has 3 aliphatic carbocycles. The Morgan fingerprint density at radius 1 is 1.07 bits per heavy atom. The Hall–Kier alpha value is -0.990. The highest BCUT2D eigenvalue weighted by Gasteiger charge is 2.61. The summed E-state index contributed by atoms with van der Waals surface area (Å²) in [5, 5.41) is 1.44. The Balaban J connectivity index is 1.50. The maximum Gasteiger partial charge on any atom is 0.222 e. The number of benzene rings is 1. The summed E-state index contributed by atoms with van der Waals surface area (Å²) in [4.78, 5) is 14.5. The number of hydrogen-bond donors (Lipinski definition) is 0. The van der Waals surface area contributed by atoms with Gasteiger partial charge in [0, 0.05) is 29.6 Å². The number of carbonyl (C=O) groups is 1. The Kier molecular flexibility index (Phi) is 4.88. The van der Waals surface area contributed by atoms with Crippen molar-refractivity contribution in [2.24, 2.45) is 34.5 Å². The maximum atomic E-state index is 12.4. The van der Waals surface area contributed by atoms with Gasteiger partial charge >= 0.3 is 0 Å². The van der Waals surface area contributed by atoms with Crippen molar-refractivity contribution < 1.29 is 4.79 Å². The Labute approximate surface area is 191 Å². The highest BCUT2D eigenvalue weighted by atomic mass is 35.5. The summed E-state index contributed by atoms with van der Waals surface area (Å²) in [7, 11) is 2.04. The lowest BCUT2D eigenvalue weighted by molar-refractivity contribution is -0.162. The summed E-state index contributed by atoms with van der Waals surface area (Å²) >= 11 is 12.7. The van der Waals surface area contributed by atoms with Crippen molar-refractivity contribution in [3.63, 3.8) is 0 Å². The molecule has 0 N–H and O–H groups in total. The second-order valence-electron chi connectivity index (χ2n) is 11.0. The fourth-order valence-corrected chi connectivity index (χ4v) is 8.72. The number of likely N-dealkylation sites (tertiary alicyclic amines) is 1. The Morgan fingerprint density at radius 2 is 1.77 bits per heavy atom. The van der Waals surface area contributed by atoms with Crippen molar-refractivity contribution in [3.05, 3.63) is 39.9 Å². The minimum absolute atomic E-state index is 0.184. The van der Waals surface area contributed by atoms with E-state index >= 15 is 0 Å². The summed E-state index contributed by atoms with van der Waals surface area (Å²) < 4.78 is 0. The van der Waals surface area contributed by atoms with Crippen LogP contribution in [0, 0.1) is 34.5 Å². The van der Waals surface area contributed by atoms with Gasteiger partial charge in [-0.05, 0) is 95.9 Å². The zero-order chi connectivity index (χ0) is 21.4. The molecule has 0 aromatic heterocycles. The van der Waals surface area contributed by atoms with E-state index in [-0.39, 0.29) is 10.8 Å². The predicted molar refractivity (Wildman–Crippen MR) is 125 cm³/mol. The van der Waals surface area contributed by atoms with Crippen LogP contribution in [0.2, 0.25) is 10.0 Å². The molecule has 4 heteroatoms. The molecule has 3 fully saturated rings. The van der Waals surface area contributed by atoms with Crippen LogP contribution < -0.4 is 0 Å². The average molecular weight is 446 g/mol. The highest BCUT2D eigenvalue weighted by molar-refractivity contribution is 6.34. The zero-order valence-corrected chi connectivity index (χ0v) is 20.1. The molecular formula is C26H33Cl2NO. The summed E-state index contributed by atoms with van der Waals surface area (Å²) in [6, 6.07) is 6.40. The number of hydrogen-bond acceptors (Lipinski definition) is 1. The zero-order valence-electron chi connectivity index (χ0n) is 18.6. The third kappa shape index (κ3) is 2.85. The van der Waals surface area contributed by atoms with Gasteiger partial charge in [-0.1, -0.05) is 50.0 Å². The number of rotatable bonds is 1. The smallest absolute Gasteiger partial charge is 0.222 e. The number of carbonyl (C=O) groups excluding carboxylic acids is 1. The molecule has 1 amide bonds. The van der Waals surface area contributed by atoms with Crippen molar-refractivity contribution in [3.8, 4) is 0 Å². The molecule has 0 unspecified atom stereocenters. The summed E-state index contributed by atoms with van der Waals surface area (Å²) in [6.07, 6.45) is 9.01. The third-order valence-electron chi connectivity index (χ3n) is 9.69. The first-order chi connectivity index (χ1) is 14.1. The molecule has 7 atom stereocenters. The van der Waals surface area contributed by atoms with Crippen LogP contribution in [-0.4, -0.2) is 23.9 Å². The van der Waals surface area contributed by atoms with Gasteiger partial charge < -0.3 is 4.90 Å². The topological polar surface area (TPSA) is 20.3 Å². The van der Waals surface area contributed by atoms with E-state index in [1.54, 1.807) is 0 Å². The lowest BCUT2D eigenvalue weighted by atomic mass is 9.44. The number of halogens is 2. The van der Waals surface area contributed by atoms with E-state index < -0.39 is 0 Å². The Bertz CT molecular complexity index is 905. The molecule has 1 aliphatic heterocycles. The number of piperidine rings is 1. The Morgan fingerprint density at radius 3 is 2.47 bits per heavy atom. The van der Waals surface area contributed by atoms with Crippen molar-refractivity contribution in [1.29, 1.82) is 0 Å². The van der Waals surface area contributed by atoms with Gasteiger partial charge in [0.2, 0.25) is 5.91 Å². The van der Waals surface area contributed by atoms with Gasteiger partial charge in [-0.15, -0.1) is 0 Å². The minimum atomic E-state index is 0.184. The van der Waals surface area contributed by atoms with Crippen LogP contribution in [0.5, 0.6) is 0 Å². The van der Waals surface area contributed by atoms with Crippen molar-refractivity contribution in [2.45, 2.75) is 65.3 Å². The van der Waals surface area contributed by atoms with E-state index in [4.69, 9.17) is 23.2 Å². The van der Waals surface area contributed by atoms with Crippen LogP contribution in [0.15, 0.2) is 24.3 Å². The van der Waals surface area contributed by atoms with Crippen LogP contribution >= 0.6 is 23.2 Å². The summed E-state index contributed by atoms with van der Waals surface area (Å²) in [5.74, 6) is 3.07. The monoisotopic (exact) mass is 445 g/mol. The van der Waals surface area contributed by atoms with E-state index in [1.165, 1.54) is 24.0 Å². The second-order valence-corrected chi connectivity index (χ2v) is 11.9. The summed E-state index contributed by atoms with van der Waals surface area (Å²) in [5.41, 5.74) is 3.09. The van der Waals surface area contributed by atoms with Gasteiger partial charge in [-0.3, -0.25) is 4.79 Å². The molecule has 5 rings (SSSR count). The fraction of sp³-hybridized carbons (Fsp3) is 0.654. The van der Waals surface area contributed by atoms with Crippen LogP contribution in [0.1, 0.15) is 64.9 Å². The molecule has 1 heterocycles. The van der Waals surface area contributed by atoms with Gasteiger partial charge in [0.05, 0.1) is 0 Å². The lowest BCUT2D eigenvalue weighted by Crippen LogP contribution is -2.63. The van der Waals surface area contributed by atoms with Gasteiger partial charge in [-0.2, -0.15) is 0 Å². The first-order valence-corrected chi connectivity index (χ1v) is 12.3. The van der Waals surface area contributed by atoms with Gasteiger partial charge in [-0.25, -0.2) is 0 Å². The van der Waals surface area contributed by atoms with Crippen molar-refractivity contribution >= 4 is 34.7 Å². The van der Waals surface area contributed by atoms with Crippen LogP contribution in [-0.2, 0) is 4.79 Å². The normalized spacial score (nSPS) is 43.0. The number of allylic oxidation sites excluding steroid dienone is 2. The molecule has 1 saturated heterocycles. The number of fused-ring (bicyclic) bond motifs is 5. The molecule has 0 spiro atoms. The van der Waals surface area contributed by atoms with Crippen molar-refractivity contribution in [1.82, 2.24) is 4.90 Å². The van der Waals surface area contributed by atoms with E-state index in [1.807, 2.05) is 13.1 Å². The molecule has 0 bridgehead atoms. The van der Waals surface area contributed by atoms with E-state index in [2.05, 4.69) is 43.9 Å². The van der Waals surface area contributed by atoms with Crippen LogP contribution in [0.25, 0.3) is 5.57 Å². The standard InChI is InChI=1S/C26H33Cl2NO/c1-15-11-22-26(3,10-8-23(30)29(22)4)21-7-9-25(2)19(5-6-20(25)24(15)21)16-12-17(27)14-18(28)13-16/h5,12-15,20-22,24H,6-11H2,1-4H3/t15-,20-,21-,22+,24-,25+,26+/m0/s1. The molecule has 162 valence electrons. The van der Waals surface area contributed by atoms with Gasteiger partial charge in [0.15, 0.2) is 0 Å². The molecule has 1 aromatic rings. The third-order valence-corrected chi connectivity index (χ3v) is 10.1. The second kappa shape index (κ2) is 7.01. The largest absolute Gasteiger partial charge is 0.342 e. The molecule has 0 radical (unpaired) electrons. The first kappa shape index (κ1) is 20.9.